The largest absolute Gasteiger partial charge is 0.433 e. The van der Waals surface area contributed by atoms with Crippen LogP contribution in [0.2, 0.25) is 5.28 Å². The summed E-state index contributed by atoms with van der Waals surface area (Å²) < 4.78 is 39.1. The Morgan fingerprint density at radius 3 is 2.61 bits per heavy atom. The molecule has 0 aromatic carbocycles. The van der Waals surface area contributed by atoms with Crippen molar-refractivity contribution in [2.75, 3.05) is 0 Å². The average molecular weight is 295 g/mol. The minimum atomic E-state index is -4.54. The van der Waals surface area contributed by atoms with E-state index >= 15 is 0 Å². The topological polar surface area (TPSA) is 43.6 Å². The maximum Gasteiger partial charge on any atom is 0.433 e. The molecule has 0 fully saturated rings. The fraction of sp³-hybridized carbons (Fsp3) is 0.222. The van der Waals surface area contributed by atoms with Crippen molar-refractivity contribution in [3.8, 4) is 0 Å². The molecule has 0 spiro atoms. The van der Waals surface area contributed by atoms with Crippen LogP contribution in [0, 0.1) is 0 Å². The van der Waals surface area contributed by atoms with Gasteiger partial charge in [-0.3, -0.25) is 4.68 Å². The van der Waals surface area contributed by atoms with Crippen molar-refractivity contribution < 1.29 is 13.2 Å². The molecule has 0 radical (unpaired) electrons. The van der Waals surface area contributed by atoms with Crippen molar-refractivity contribution in [2.24, 2.45) is 7.05 Å². The van der Waals surface area contributed by atoms with E-state index < -0.39 is 17.2 Å². The van der Waals surface area contributed by atoms with Gasteiger partial charge in [-0.2, -0.15) is 18.3 Å². The van der Waals surface area contributed by atoms with Crippen molar-refractivity contribution in [1.82, 2.24) is 19.7 Å². The van der Waals surface area contributed by atoms with Gasteiger partial charge in [-0.05, 0) is 11.6 Å². The Balaban J connectivity index is 2.31. The van der Waals surface area contributed by atoms with Crippen molar-refractivity contribution in [1.29, 1.82) is 0 Å². The number of hydrogen-bond donors (Lipinski definition) is 0. The van der Waals surface area contributed by atoms with E-state index in [1.54, 1.807) is 13.2 Å². The molecule has 2 heterocycles. The highest BCUT2D eigenvalue weighted by molar-refractivity contribution is 7.99. The van der Waals surface area contributed by atoms with Crippen LogP contribution in [0.25, 0.3) is 0 Å². The molecule has 0 aliphatic rings. The lowest BCUT2D eigenvalue weighted by Crippen LogP contribution is -2.09. The summed E-state index contributed by atoms with van der Waals surface area (Å²) >= 11 is 6.51. The van der Waals surface area contributed by atoms with Gasteiger partial charge in [-0.1, -0.05) is 11.8 Å². The lowest BCUT2D eigenvalue weighted by molar-refractivity contribution is -0.141. The number of rotatable bonds is 2. The van der Waals surface area contributed by atoms with Gasteiger partial charge in [0.1, 0.15) is 5.03 Å². The van der Waals surface area contributed by atoms with Gasteiger partial charge in [0.05, 0.1) is 11.1 Å². The molecule has 0 saturated carbocycles. The zero-order valence-electron chi connectivity index (χ0n) is 8.94. The summed E-state index contributed by atoms with van der Waals surface area (Å²) in [5, 5.41) is 3.59. The van der Waals surface area contributed by atoms with Crippen LogP contribution in [0.15, 0.2) is 28.4 Å². The number of aryl methyl sites for hydroxylation is 1. The van der Waals surface area contributed by atoms with Gasteiger partial charge in [0.25, 0.3) is 0 Å². The zero-order valence-corrected chi connectivity index (χ0v) is 10.5. The van der Waals surface area contributed by atoms with Crippen LogP contribution in [-0.2, 0) is 13.2 Å². The first-order valence-corrected chi connectivity index (χ1v) is 5.82. The van der Waals surface area contributed by atoms with Gasteiger partial charge in [0, 0.05) is 19.3 Å². The molecule has 0 unspecified atom stereocenters. The summed E-state index contributed by atoms with van der Waals surface area (Å²) in [6, 6.07) is 0.851. The van der Waals surface area contributed by atoms with Gasteiger partial charge in [0.15, 0.2) is 5.69 Å². The smallest absolute Gasteiger partial charge is 0.275 e. The molecule has 96 valence electrons. The first kappa shape index (κ1) is 13.2. The molecule has 0 aliphatic carbocycles. The Bertz CT molecular complexity index is 569. The molecule has 4 nitrogen and oxygen atoms in total. The lowest BCUT2D eigenvalue weighted by Gasteiger charge is -2.07. The molecule has 2 aromatic rings. The number of aromatic nitrogens is 4. The fourth-order valence-electron chi connectivity index (χ4n) is 1.17. The standard InChI is InChI=1S/C9H6ClF3N4S/c1-17-4-5(3-14-17)18-7-2-6(9(11,12)13)15-8(10)16-7/h2-4H,1H3. The molecule has 0 saturated heterocycles. The predicted molar refractivity (Wildman–Crippen MR) is 59.4 cm³/mol. The first-order valence-electron chi connectivity index (χ1n) is 4.63. The molecule has 0 N–H and O–H groups in total. The molecule has 2 rings (SSSR count). The summed E-state index contributed by atoms with van der Waals surface area (Å²) in [5.74, 6) is 0. The zero-order chi connectivity index (χ0) is 13.3. The Morgan fingerprint density at radius 2 is 2.06 bits per heavy atom. The quantitative estimate of drug-likeness (QED) is 0.631. The fourth-order valence-corrected chi connectivity index (χ4v) is 2.25. The Hall–Kier alpha value is -1.28. The van der Waals surface area contributed by atoms with Gasteiger partial charge in [-0.25, -0.2) is 9.97 Å². The summed E-state index contributed by atoms with van der Waals surface area (Å²) in [7, 11) is 1.71. The van der Waals surface area contributed by atoms with Gasteiger partial charge < -0.3 is 0 Å². The van der Waals surface area contributed by atoms with Gasteiger partial charge in [-0.15, -0.1) is 0 Å². The van der Waals surface area contributed by atoms with Crippen LogP contribution < -0.4 is 0 Å². The molecular formula is C9H6ClF3N4S. The van der Waals surface area contributed by atoms with E-state index in [4.69, 9.17) is 11.6 Å². The van der Waals surface area contributed by atoms with E-state index in [0.717, 1.165) is 17.8 Å². The molecular weight excluding hydrogens is 289 g/mol. The molecule has 9 heteroatoms. The van der Waals surface area contributed by atoms with Crippen molar-refractivity contribution in [2.45, 2.75) is 16.1 Å². The van der Waals surface area contributed by atoms with Gasteiger partial charge in [0.2, 0.25) is 5.28 Å². The highest BCUT2D eigenvalue weighted by Crippen LogP contribution is 2.32. The average Bonchev–Trinajstić information content (AvgIpc) is 2.61. The lowest BCUT2D eigenvalue weighted by atomic mass is 10.4. The number of halogens is 4. The van der Waals surface area contributed by atoms with Crippen molar-refractivity contribution >= 4 is 23.4 Å². The second-order valence-electron chi connectivity index (χ2n) is 3.31. The Kier molecular flexibility index (Phi) is 3.49. The monoisotopic (exact) mass is 294 g/mol. The van der Waals surface area contributed by atoms with E-state index in [2.05, 4.69) is 15.1 Å². The van der Waals surface area contributed by atoms with Crippen molar-refractivity contribution in [3.63, 3.8) is 0 Å². The van der Waals surface area contributed by atoms with Crippen LogP contribution >= 0.6 is 23.4 Å². The second-order valence-corrected chi connectivity index (χ2v) is 4.74. The number of nitrogens with zero attached hydrogens (tertiary/aromatic N) is 4. The Labute approximate surface area is 109 Å². The third kappa shape index (κ3) is 3.14. The predicted octanol–water partition coefficient (Wildman–Crippen LogP) is 3.03. The molecule has 0 amide bonds. The molecule has 0 atom stereocenters. The first-order chi connectivity index (χ1) is 8.34. The van der Waals surface area contributed by atoms with E-state index in [9.17, 15) is 13.2 Å². The summed E-state index contributed by atoms with van der Waals surface area (Å²) in [6.45, 7) is 0. The van der Waals surface area contributed by atoms with Crippen LogP contribution in [-0.4, -0.2) is 19.7 Å². The van der Waals surface area contributed by atoms with Crippen LogP contribution in [0.4, 0.5) is 13.2 Å². The highest BCUT2D eigenvalue weighted by atomic mass is 35.5. The molecule has 18 heavy (non-hydrogen) atoms. The van der Waals surface area contributed by atoms with E-state index in [1.165, 1.54) is 10.9 Å². The minimum Gasteiger partial charge on any atom is -0.275 e. The summed E-state index contributed by atoms with van der Waals surface area (Å²) in [5.41, 5.74) is -1.06. The number of hydrogen-bond acceptors (Lipinski definition) is 4. The van der Waals surface area contributed by atoms with Crippen LogP contribution in [0.5, 0.6) is 0 Å². The maximum atomic E-state index is 12.5. The molecule has 0 aliphatic heterocycles. The maximum absolute atomic E-state index is 12.5. The molecule has 0 bridgehead atoms. The van der Waals surface area contributed by atoms with Crippen LogP contribution in [0.3, 0.4) is 0 Å². The van der Waals surface area contributed by atoms with Gasteiger partial charge >= 0.3 is 6.18 Å². The van der Waals surface area contributed by atoms with Crippen LogP contribution in [0.1, 0.15) is 5.69 Å². The van der Waals surface area contributed by atoms with E-state index in [-0.39, 0.29) is 5.03 Å². The summed E-state index contributed by atoms with van der Waals surface area (Å²) in [6.07, 6.45) is -1.36. The second kappa shape index (κ2) is 4.77. The highest BCUT2D eigenvalue weighted by Gasteiger charge is 2.33. The SMILES string of the molecule is Cn1cc(Sc2cc(C(F)(F)F)nc(Cl)n2)cn1. The minimum absolute atomic E-state index is 0.121. The van der Waals surface area contributed by atoms with E-state index in [0.29, 0.717) is 4.90 Å². The Morgan fingerprint density at radius 1 is 1.33 bits per heavy atom. The third-order valence-corrected chi connectivity index (χ3v) is 2.90. The normalized spacial score (nSPS) is 11.8. The molecule has 2 aromatic heterocycles. The number of alkyl halides is 3. The third-order valence-electron chi connectivity index (χ3n) is 1.87. The summed E-state index contributed by atoms with van der Waals surface area (Å²) in [4.78, 5) is 7.55. The van der Waals surface area contributed by atoms with Crippen molar-refractivity contribution in [3.05, 3.63) is 29.4 Å². The van der Waals surface area contributed by atoms with E-state index in [1.807, 2.05) is 0 Å².